The molecule has 0 radical (unpaired) electrons. The van der Waals surface area contributed by atoms with E-state index in [9.17, 15) is 4.79 Å². The summed E-state index contributed by atoms with van der Waals surface area (Å²) in [6.07, 6.45) is 4.57. The summed E-state index contributed by atoms with van der Waals surface area (Å²) in [4.78, 5) is 14.3. The molecule has 0 bridgehead atoms. The second-order valence-electron chi connectivity index (χ2n) is 5.05. The molecule has 2 heterocycles. The zero-order chi connectivity index (χ0) is 11.5. The third-order valence-electron chi connectivity index (χ3n) is 3.72. The molecule has 100 valence electrons. The summed E-state index contributed by atoms with van der Waals surface area (Å²) < 4.78 is 0. The highest BCUT2D eigenvalue weighted by atomic mass is 35.5. The van der Waals surface area contributed by atoms with Gasteiger partial charge in [-0.2, -0.15) is 0 Å². The van der Waals surface area contributed by atoms with E-state index in [0.29, 0.717) is 11.8 Å². The number of rotatable bonds is 2. The molecule has 0 aromatic carbocycles. The number of hydrogen-bond acceptors (Lipinski definition) is 3. The van der Waals surface area contributed by atoms with Gasteiger partial charge >= 0.3 is 0 Å². The van der Waals surface area contributed by atoms with E-state index in [-0.39, 0.29) is 23.7 Å². The number of carbonyl (C=O) groups excluding carboxylic acids is 1. The van der Waals surface area contributed by atoms with E-state index in [1.165, 1.54) is 12.8 Å². The maximum atomic E-state index is 12.2. The number of piperidine rings is 1. The number of carbonyl (C=O) groups is 1. The van der Waals surface area contributed by atoms with Gasteiger partial charge < -0.3 is 10.6 Å². The van der Waals surface area contributed by atoms with Crippen LogP contribution in [0.15, 0.2) is 0 Å². The molecule has 17 heavy (non-hydrogen) atoms. The zero-order valence-corrected chi connectivity index (χ0v) is 12.1. The number of likely N-dealkylation sites (tertiary alicyclic amines) is 1. The molecule has 3 atom stereocenters. The lowest BCUT2D eigenvalue weighted by Crippen LogP contribution is -2.47. The van der Waals surface area contributed by atoms with Crippen LogP contribution in [-0.2, 0) is 4.79 Å². The zero-order valence-electron chi connectivity index (χ0n) is 10.4. The molecular weight excluding hydrogens is 256 g/mol. The normalized spacial score (nSPS) is 30.8. The molecule has 3 unspecified atom stereocenters. The van der Waals surface area contributed by atoms with Crippen molar-refractivity contribution < 1.29 is 4.79 Å². The number of halogens is 1. The fraction of sp³-hybridized carbons (Fsp3) is 0.917. The van der Waals surface area contributed by atoms with Crippen LogP contribution in [0, 0.1) is 5.92 Å². The van der Waals surface area contributed by atoms with Crippen LogP contribution in [-0.4, -0.2) is 40.9 Å². The number of nitrogens with two attached hydrogens (primary N) is 1. The van der Waals surface area contributed by atoms with Crippen molar-refractivity contribution in [2.45, 2.75) is 43.9 Å². The molecule has 2 fully saturated rings. The van der Waals surface area contributed by atoms with Gasteiger partial charge in [-0.05, 0) is 44.3 Å². The molecule has 2 N–H and O–H groups in total. The Morgan fingerprint density at radius 3 is 2.76 bits per heavy atom. The van der Waals surface area contributed by atoms with Gasteiger partial charge in [-0.3, -0.25) is 4.79 Å². The third-order valence-corrected chi connectivity index (χ3v) is 5.08. The van der Waals surface area contributed by atoms with Crippen molar-refractivity contribution in [1.29, 1.82) is 0 Å². The second-order valence-corrected chi connectivity index (χ2v) is 6.36. The number of thioether (sulfide) groups is 1. The van der Waals surface area contributed by atoms with Gasteiger partial charge in [0.05, 0.1) is 5.25 Å². The lowest BCUT2D eigenvalue weighted by molar-refractivity contribution is -0.132. The minimum atomic E-state index is 0. The maximum absolute atomic E-state index is 12.2. The maximum Gasteiger partial charge on any atom is 0.235 e. The molecule has 0 aliphatic carbocycles. The third kappa shape index (κ3) is 3.76. The fourth-order valence-electron chi connectivity index (χ4n) is 2.62. The summed E-state index contributed by atoms with van der Waals surface area (Å²) in [6, 6.07) is 0.215. The Bertz CT molecular complexity index is 257. The first-order valence-corrected chi connectivity index (χ1v) is 7.39. The second kappa shape index (κ2) is 6.86. The van der Waals surface area contributed by atoms with Gasteiger partial charge in [0, 0.05) is 19.1 Å². The van der Waals surface area contributed by atoms with E-state index < -0.39 is 0 Å². The van der Waals surface area contributed by atoms with Gasteiger partial charge in [0.2, 0.25) is 5.91 Å². The molecule has 2 aliphatic rings. The average Bonchev–Trinajstić information content (AvgIpc) is 2.81. The molecule has 2 rings (SSSR count). The van der Waals surface area contributed by atoms with Gasteiger partial charge in [0.1, 0.15) is 0 Å². The SMILES string of the molecule is CC(N)C1CCCN(C(=O)C2CCCS2)C1.Cl. The lowest BCUT2D eigenvalue weighted by Gasteiger charge is -2.35. The highest BCUT2D eigenvalue weighted by Crippen LogP contribution is 2.29. The van der Waals surface area contributed by atoms with Crippen LogP contribution >= 0.6 is 24.2 Å². The summed E-state index contributed by atoms with van der Waals surface area (Å²) in [7, 11) is 0. The van der Waals surface area contributed by atoms with Crippen molar-refractivity contribution in [2.75, 3.05) is 18.8 Å². The van der Waals surface area contributed by atoms with Gasteiger partial charge in [-0.15, -0.1) is 24.2 Å². The van der Waals surface area contributed by atoms with E-state index >= 15 is 0 Å². The van der Waals surface area contributed by atoms with E-state index in [1.807, 2.05) is 11.8 Å². The highest BCUT2D eigenvalue weighted by Gasteiger charge is 2.31. The van der Waals surface area contributed by atoms with Crippen LogP contribution in [0.3, 0.4) is 0 Å². The van der Waals surface area contributed by atoms with Crippen molar-refractivity contribution in [3.63, 3.8) is 0 Å². The van der Waals surface area contributed by atoms with Crippen LogP contribution in [0.5, 0.6) is 0 Å². The van der Waals surface area contributed by atoms with E-state index in [2.05, 4.69) is 11.8 Å². The molecule has 1 amide bonds. The predicted octanol–water partition coefficient (Wildman–Crippen LogP) is 1.89. The first kappa shape index (κ1) is 15.1. The summed E-state index contributed by atoms with van der Waals surface area (Å²) in [5, 5.41) is 0.242. The van der Waals surface area contributed by atoms with Crippen molar-refractivity contribution in [2.24, 2.45) is 11.7 Å². The monoisotopic (exact) mass is 278 g/mol. The van der Waals surface area contributed by atoms with Crippen molar-refractivity contribution >= 4 is 30.1 Å². The van der Waals surface area contributed by atoms with Crippen LogP contribution in [0.4, 0.5) is 0 Å². The number of hydrogen-bond donors (Lipinski definition) is 1. The smallest absolute Gasteiger partial charge is 0.235 e. The van der Waals surface area contributed by atoms with Crippen LogP contribution in [0.1, 0.15) is 32.6 Å². The lowest BCUT2D eigenvalue weighted by atomic mass is 9.92. The largest absolute Gasteiger partial charge is 0.341 e. The van der Waals surface area contributed by atoms with E-state index in [4.69, 9.17) is 5.73 Å². The number of amides is 1. The Morgan fingerprint density at radius 1 is 1.41 bits per heavy atom. The number of nitrogens with zero attached hydrogens (tertiary/aromatic N) is 1. The topological polar surface area (TPSA) is 46.3 Å². The average molecular weight is 279 g/mol. The Balaban J connectivity index is 0.00000144. The summed E-state index contributed by atoms with van der Waals surface area (Å²) >= 11 is 1.83. The Kier molecular flexibility index (Phi) is 6.10. The summed E-state index contributed by atoms with van der Waals surface area (Å²) in [5.74, 6) is 2.03. The van der Waals surface area contributed by atoms with Gasteiger partial charge in [0.25, 0.3) is 0 Å². The van der Waals surface area contributed by atoms with Crippen LogP contribution in [0.2, 0.25) is 0 Å². The predicted molar refractivity (Wildman–Crippen MR) is 75.7 cm³/mol. The van der Waals surface area contributed by atoms with E-state index in [1.54, 1.807) is 0 Å². The van der Waals surface area contributed by atoms with Gasteiger partial charge in [-0.1, -0.05) is 0 Å². The Hall–Kier alpha value is 0.0700. The fourth-order valence-corrected chi connectivity index (χ4v) is 3.86. The minimum absolute atomic E-state index is 0. The van der Waals surface area contributed by atoms with Crippen molar-refractivity contribution in [1.82, 2.24) is 4.90 Å². The molecule has 3 nitrogen and oxygen atoms in total. The molecule has 2 saturated heterocycles. The first-order chi connectivity index (χ1) is 7.68. The minimum Gasteiger partial charge on any atom is -0.341 e. The quantitative estimate of drug-likeness (QED) is 0.839. The Morgan fingerprint density at radius 2 is 2.18 bits per heavy atom. The highest BCUT2D eigenvalue weighted by molar-refractivity contribution is 8.00. The van der Waals surface area contributed by atoms with Crippen LogP contribution in [0.25, 0.3) is 0 Å². The van der Waals surface area contributed by atoms with Gasteiger partial charge in [-0.25, -0.2) is 0 Å². The molecular formula is C12H23ClN2OS. The van der Waals surface area contributed by atoms with Crippen molar-refractivity contribution in [3.8, 4) is 0 Å². The molecule has 0 aromatic heterocycles. The molecule has 0 saturated carbocycles. The summed E-state index contributed by atoms with van der Waals surface area (Å²) in [6.45, 7) is 3.88. The first-order valence-electron chi connectivity index (χ1n) is 6.34. The van der Waals surface area contributed by atoms with Crippen LogP contribution < -0.4 is 5.73 Å². The standard InChI is InChI=1S/C12H22N2OS.ClH/c1-9(13)10-4-2-6-14(8-10)12(15)11-5-3-7-16-11;/h9-11H,2-8,13H2,1H3;1H. The molecule has 0 spiro atoms. The Labute approximate surface area is 114 Å². The summed E-state index contributed by atoms with van der Waals surface area (Å²) in [5.41, 5.74) is 5.94. The molecule has 2 aliphatic heterocycles. The van der Waals surface area contributed by atoms with Crippen molar-refractivity contribution in [3.05, 3.63) is 0 Å². The molecule has 0 aromatic rings. The van der Waals surface area contributed by atoms with Gasteiger partial charge in [0.15, 0.2) is 0 Å². The van der Waals surface area contributed by atoms with E-state index in [0.717, 1.165) is 31.7 Å². The molecule has 5 heteroatoms.